The molecule has 132 valence electrons. The third-order valence-corrected chi connectivity index (χ3v) is 4.02. The molecule has 1 atom stereocenters. The van der Waals surface area contributed by atoms with Crippen molar-refractivity contribution in [2.45, 2.75) is 38.7 Å². The fraction of sp³-hybridized carbons (Fsp3) is 0.556. The van der Waals surface area contributed by atoms with Crippen LogP contribution in [-0.2, 0) is 9.53 Å². The number of ether oxygens (including phenoxy) is 1. The quantitative estimate of drug-likeness (QED) is 0.832. The van der Waals surface area contributed by atoms with E-state index >= 15 is 0 Å². The van der Waals surface area contributed by atoms with E-state index in [-0.39, 0.29) is 36.7 Å². The van der Waals surface area contributed by atoms with Gasteiger partial charge in [-0.1, -0.05) is 6.92 Å². The van der Waals surface area contributed by atoms with Gasteiger partial charge in [0.25, 0.3) is 5.91 Å². The van der Waals surface area contributed by atoms with Crippen molar-refractivity contribution in [2.24, 2.45) is 0 Å². The Morgan fingerprint density at radius 1 is 1.33 bits per heavy atom. The van der Waals surface area contributed by atoms with Gasteiger partial charge in [0.05, 0.1) is 6.10 Å². The highest BCUT2D eigenvalue weighted by Gasteiger charge is 2.23. The molecule has 1 unspecified atom stereocenters. The van der Waals surface area contributed by atoms with Crippen LogP contribution in [0.4, 0.5) is 4.39 Å². The molecule has 5 nitrogen and oxygen atoms in total. The molecular weight excluding hydrogens is 311 g/mol. The van der Waals surface area contributed by atoms with E-state index in [0.717, 1.165) is 32.4 Å². The van der Waals surface area contributed by atoms with Crippen LogP contribution in [0.2, 0.25) is 0 Å². The van der Waals surface area contributed by atoms with Crippen molar-refractivity contribution in [2.75, 3.05) is 26.2 Å². The molecule has 1 heterocycles. The number of amides is 2. The summed E-state index contributed by atoms with van der Waals surface area (Å²) in [4.78, 5) is 26.0. The number of carbonyl (C=O) groups is 2. The molecule has 1 aliphatic rings. The van der Waals surface area contributed by atoms with E-state index in [0.29, 0.717) is 12.1 Å². The van der Waals surface area contributed by atoms with E-state index in [1.165, 1.54) is 24.3 Å². The molecule has 1 aromatic carbocycles. The maximum absolute atomic E-state index is 12.8. The fourth-order valence-electron chi connectivity index (χ4n) is 2.73. The van der Waals surface area contributed by atoms with Crippen LogP contribution in [0.1, 0.15) is 43.0 Å². The second kappa shape index (κ2) is 9.37. The van der Waals surface area contributed by atoms with Gasteiger partial charge in [-0.25, -0.2) is 4.39 Å². The normalized spacial score (nSPS) is 17.6. The monoisotopic (exact) mass is 336 g/mol. The number of benzene rings is 1. The third-order valence-electron chi connectivity index (χ3n) is 4.02. The summed E-state index contributed by atoms with van der Waals surface area (Å²) in [7, 11) is 0. The van der Waals surface area contributed by atoms with Gasteiger partial charge < -0.3 is 15.0 Å². The van der Waals surface area contributed by atoms with Gasteiger partial charge in [-0.05, 0) is 43.5 Å². The molecular formula is C18H25FN2O3. The Morgan fingerprint density at radius 3 is 2.79 bits per heavy atom. The lowest BCUT2D eigenvalue weighted by Crippen LogP contribution is -2.44. The zero-order chi connectivity index (χ0) is 17.4. The highest BCUT2D eigenvalue weighted by Crippen LogP contribution is 2.14. The van der Waals surface area contributed by atoms with E-state index < -0.39 is 0 Å². The minimum atomic E-state index is -0.383. The molecule has 0 aliphatic carbocycles. The molecule has 1 aliphatic heterocycles. The van der Waals surface area contributed by atoms with Crippen molar-refractivity contribution in [3.8, 4) is 0 Å². The number of piperidine rings is 1. The highest BCUT2D eigenvalue weighted by molar-refractivity contribution is 5.94. The molecule has 0 saturated carbocycles. The molecule has 0 bridgehead atoms. The molecule has 0 spiro atoms. The number of nitrogens with zero attached hydrogens (tertiary/aromatic N) is 1. The number of halogens is 1. The van der Waals surface area contributed by atoms with Crippen molar-refractivity contribution < 1.29 is 18.7 Å². The number of carbonyl (C=O) groups excluding carboxylic acids is 2. The Bertz CT molecular complexity index is 548. The van der Waals surface area contributed by atoms with E-state index in [2.05, 4.69) is 12.2 Å². The van der Waals surface area contributed by atoms with Gasteiger partial charge in [0.15, 0.2) is 0 Å². The molecule has 6 heteroatoms. The van der Waals surface area contributed by atoms with Crippen LogP contribution in [-0.4, -0.2) is 49.1 Å². The van der Waals surface area contributed by atoms with Crippen LogP contribution in [0, 0.1) is 5.82 Å². The summed E-state index contributed by atoms with van der Waals surface area (Å²) >= 11 is 0. The van der Waals surface area contributed by atoms with Gasteiger partial charge in [0.2, 0.25) is 5.91 Å². The average Bonchev–Trinajstić information content (AvgIpc) is 2.60. The van der Waals surface area contributed by atoms with Crippen molar-refractivity contribution in [1.29, 1.82) is 0 Å². The van der Waals surface area contributed by atoms with Gasteiger partial charge in [-0.2, -0.15) is 0 Å². The largest absolute Gasteiger partial charge is 0.376 e. The summed E-state index contributed by atoms with van der Waals surface area (Å²) in [6.07, 6.45) is 3.29. The Labute approximate surface area is 142 Å². The second-order valence-electron chi connectivity index (χ2n) is 5.99. The molecule has 1 N–H and O–H groups in total. The van der Waals surface area contributed by atoms with Crippen LogP contribution in [0.3, 0.4) is 0 Å². The summed E-state index contributed by atoms with van der Waals surface area (Å²) in [6, 6.07) is 5.33. The summed E-state index contributed by atoms with van der Waals surface area (Å²) in [5.74, 6) is -0.656. The molecule has 1 fully saturated rings. The zero-order valence-corrected chi connectivity index (χ0v) is 14.1. The van der Waals surface area contributed by atoms with Gasteiger partial charge in [-0.15, -0.1) is 0 Å². The SMILES string of the molecule is CCCOC1CCCN(C(=O)CCNC(=O)c2ccc(F)cc2)C1. The number of hydrogen-bond donors (Lipinski definition) is 1. The smallest absolute Gasteiger partial charge is 0.251 e. The molecule has 0 radical (unpaired) electrons. The lowest BCUT2D eigenvalue weighted by Gasteiger charge is -2.32. The van der Waals surface area contributed by atoms with E-state index in [1.54, 1.807) is 0 Å². The Hall–Kier alpha value is -1.95. The first-order valence-electron chi connectivity index (χ1n) is 8.53. The molecule has 2 rings (SSSR count). The number of hydrogen-bond acceptors (Lipinski definition) is 3. The standard InChI is InChI=1S/C18H25FN2O3/c1-2-12-24-16-4-3-11-21(13-16)17(22)9-10-20-18(23)14-5-7-15(19)8-6-14/h5-8,16H,2-4,9-13H2,1H3,(H,20,23). The Morgan fingerprint density at radius 2 is 2.08 bits per heavy atom. The molecule has 2 amide bonds. The van der Waals surface area contributed by atoms with E-state index in [1.807, 2.05) is 4.90 Å². The van der Waals surface area contributed by atoms with Gasteiger partial charge >= 0.3 is 0 Å². The average molecular weight is 336 g/mol. The maximum atomic E-state index is 12.8. The first kappa shape index (κ1) is 18.4. The second-order valence-corrected chi connectivity index (χ2v) is 5.99. The van der Waals surface area contributed by atoms with Gasteiger partial charge in [-0.3, -0.25) is 9.59 Å². The van der Waals surface area contributed by atoms with Gasteiger partial charge in [0, 0.05) is 38.2 Å². The molecule has 1 saturated heterocycles. The van der Waals surface area contributed by atoms with Crippen molar-refractivity contribution >= 4 is 11.8 Å². The van der Waals surface area contributed by atoms with Crippen molar-refractivity contribution in [1.82, 2.24) is 10.2 Å². The first-order valence-corrected chi connectivity index (χ1v) is 8.53. The van der Waals surface area contributed by atoms with Crippen LogP contribution < -0.4 is 5.32 Å². The number of nitrogens with one attached hydrogen (secondary N) is 1. The first-order chi connectivity index (χ1) is 11.6. The minimum absolute atomic E-state index is 0.0270. The van der Waals surface area contributed by atoms with Crippen LogP contribution in [0.15, 0.2) is 24.3 Å². The lowest BCUT2D eigenvalue weighted by atomic mass is 10.1. The molecule has 24 heavy (non-hydrogen) atoms. The predicted octanol–water partition coefficient (Wildman–Crippen LogP) is 2.36. The summed E-state index contributed by atoms with van der Waals surface area (Å²) < 4.78 is 18.6. The lowest BCUT2D eigenvalue weighted by molar-refractivity contribution is -0.135. The summed E-state index contributed by atoms with van der Waals surface area (Å²) in [5, 5.41) is 2.69. The fourth-order valence-corrected chi connectivity index (χ4v) is 2.73. The zero-order valence-electron chi connectivity index (χ0n) is 14.1. The topological polar surface area (TPSA) is 58.6 Å². The van der Waals surface area contributed by atoms with Crippen molar-refractivity contribution in [3.05, 3.63) is 35.6 Å². The number of likely N-dealkylation sites (tertiary alicyclic amines) is 1. The summed E-state index contributed by atoms with van der Waals surface area (Å²) in [5.41, 5.74) is 0.384. The third kappa shape index (κ3) is 5.60. The van der Waals surface area contributed by atoms with Crippen LogP contribution in [0.5, 0.6) is 0 Å². The molecule has 1 aromatic rings. The number of rotatable bonds is 7. The summed E-state index contributed by atoms with van der Waals surface area (Å²) in [6.45, 7) is 4.43. The van der Waals surface area contributed by atoms with Crippen molar-refractivity contribution in [3.63, 3.8) is 0 Å². The van der Waals surface area contributed by atoms with Crippen LogP contribution in [0.25, 0.3) is 0 Å². The minimum Gasteiger partial charge on any atom is -0.376 e. The predicted molar refractivity (Wildman–Crippen MR) is 89.2 cm³/mol. The maximum Gasteiger partial charge on any atom is 0.251 e. The Balaban J connectivity index is 1.72. The van der Waals surface area contributed by atoms with Crippen LogP contribution >= 0.6 is 0 Å². The van der Waals surface area contributed by atoms with E-state index in [9.17, 15) is 14.0 Å². The Kier molecular flexibility index (Phi) is 7.18. The van der Waals surface area contributed by atoms with E-state index in [4.69, 9.17) is 4.74 Å². The highest BCUT2D eigenvalue weighted by atomic mass is 19.1. The molecule has 0 aromatic heterocycles. The van der Waals surface area contributed by atoms with Gasteiger partial charge in [0.1, 0.15) is 5.82 Å².